The van der Waals surface area contributed by atoms with Gasteiger partial charge in [-0.25, -0.2) is 4.39 Å². The summed E-state index contributed by atoms with van der Waals surface area (Å²) in [5.74, 6) is -1.50. The van der Waals surface area contributed by atoms with Crippen molar-refractivity contribution in [1.82, 2.24) is 16.0 Å². The smallest absolute Gasteiger partial charge is 0.254 e. The fourth-order valence-corrected chi connectivity index (χ4v) is 2.91. The molecule has 3 unspecified atom stereocenters. The number of hydrogen-bond donors (Lipinski definition) is 3. The van der Waals surface area contributed by atoms with Gasteiger partial charge in [-0.3, -0.25) is 9.59 Å². The summed E-state index contributed by atoms with van der Waals surface area (Å²) < 4.78 is 13.7. The fraction of sp³-hybridized carbons (Fsp3) is 0.556. The van der Waals surface area contributed by atoms with Gasteiger partial charge < -0.3 is 16.0 Å². The topological polar surface area (TPSA) is 70.2 Å². The number of piperidine rings is 1. The lowest BCUT2D eigenvalue weighted by Gasteiger charge is -2.32. The highest BCUT2D eigenvalue weighted by Gasteiger charge is 2.29. The molecule has 0 aromatic heterocycles. The quantitative estimate of drug-likeness (QED) is 0.769. The molecule has 1 aromatic carbocycles. The maximum absolute atomic E-state index is 13.7. The molecule has 2 rings (SSSR count). The van der Waals surface area contributed by atoms with Gasteiger partial charge in [0.25, 0.3) is 5.91 Å². The second-order valence-electron chi connectivity index (χ2n) is 6.68. The van der Waals surface area contributed by atoms with Gasteiger partial charge in [0, 0.05) is 12.1 Å². The molecule has 1 aromatic rings. The average molecular weight is 335 g/mol. The van der Waals surface area contributed by atoms with Crippen LogP contribution in [0, 0.1) is 11.7 Å². The van der Waals surface area contributed by atoms with Crippen molar-refractivity contribution in [3.63, 3.8) is 0 Å². The van der Waals surface area contributed by atoms with Crippen LogP contribution in [0.25, 0.3) is 0 Å². The summed E-state index contributed by atoms with van der Waals surface area (Å²) in [6, 6.07) is 5.29. The Hall–Kier alpha value is -1.95. The third kappa shape index (κ3) is 4.54. The zero-order valence-electron chi connectivity index (χ0n) is 14.4. The van der Waals surface area contributed by atoms with Gasteiger partial charge in [0.05, 0.1) is 5.56 Å². The molecule has 0 bridgehead atoms. The summed E-state index contributed by atoms with van der Waals surface area (Å²) in [7, 11) is 0. The van der Waals surface area contributed by atoms with Crippen molar-refractivity contribution < 1.29 is 14.0 Å². The first kappa shape index (κ1) is 18.4. The molecule has 1 heterocycles. The Morgan fingerprint density at radius 2 is 2.00 bits per heavy atom. The highest BCUT2D eigenvalue weighted by molar-refractivity contribution is 5.97. The maximum Gasteiger partial charge on any atom is 0.254 e. The van der Waals surface area contributed by atoms with Crippen LogP contribution in [-0.4, -0.2) is 36.5 Å². The predicted octanol–water partition coefficient (Wildman–Crippen LogP) is 1.84. The van der Waals surface area contributed by atoms with Crippen LogP contribution in [-0.2, 0) is 4.79 Å². The van der Waals surface area contributed by atoms with Crippen LogP contribution in [0.2, 0.25) is 0 Å². The summed E-state index contributed by atoms with van der Waals surface area (Å²) in [4.78, 5) is 24.9. The van der Waals surface area contributed by atoms with Gasteiger partial charge in [-0.1, -0.05) is 26.0 Å². The van der Waals surface area contributed by atoms with E-state index >= 15 is 0 Å². The molecule has 1 saturated heterocycles. The molecule has 0 spiro atoms. The summed E-state index contributed by atoms with van der Waals surface area (Å²) in [6.45, 7) is 6.69. The number of carbonyl (C=O) groups is 2. The van der Waals surface area contributed by atoms with Crippen LogP contribution in [0.5, 0.6) is 0 Å². The van der Waals surface area contributed by atoms with Crippen molar-refractivity contribution in [2.75, 3.05) is 6.54 Å². The van der Waals surface area contributed by atoms with E-state index in [4.69, 9.17) is 0 Å². The van der Waals surface area contributed by atoms with E-state index in [0.29, 0.717) is 0 Å². The van der Waals surface area contributed by atoms with Crippen LogP contribution < -0.4 is 16.0 Å². The number of amides is 2. The molecular weight excluding hydrogens is 309 g/mol. The van der Waals surface area contributed by atoms with Crippen molar-refractivity contribution in [2.24, 2.45) is 5.92 Å². The summed E-state index contributed by atoms with van der Waals surface area (Å²) >= 11 is 0. The molecule has 5 nitrogen and oxygen atoms in total. The Morgan fingerprint density at radius 3 is 2.62 bits per heavy atom. The van der Waals surface area contributed by atoms with Crippen molar-refractivity contribution >= 4 is 11.8 Å². The number of halogens is 1. The Balaban J connectivity index is 2.04. The molecule has 1 fully saturated rings. The molecule has 1 aliphatic heterocycles. The Labute approximate surface area is 142 Å². The lowest BCUT2D eigenvalue weighted by molar-refractivity contribution is -0.125. The second kappa shape index (κ2) is 8.24. The average Bonchev–Trinajstić information content (AvgIpc) is 2.54. The van der Waals surface area contributed by atoms with Gasteiger partial charge >= 0.3 is 0 Å². The zero-order chi connectivity index (χ0) is 17.7. The largest absolute Gasteiger partial charge is 0.350 e. The minimum absolute atomic E-state index is 0.0397. The third-order valence-electron chi connectivity index (χ3n) is 4.44. The standard InChI is InChI=1S/C18H26FN3O2/c1-11(2)16(18(24)21-15-9-6-10-20-12(15)3)22-17(23)13-7-4-5-8-14(13)19/h4-5,7-8,11-12,15-16,20H,6,9-10H2,1-3H3,(H,21,24)(H,22,23). The van der Waals surface area contributed by atoms with E-state index in [1.165, 1.54) is 18.2 Å². The van der Waals surface area contributed by atoms with Gasteiger partial charge in [-0.15, -0.1) is 0 Å². The Kier molecular flexibility index (Phi) is 6.31. The van der Waals surface area contributed by atoms with E-state index in [-0.39, 0.29) is 29.5 Å². The number of carbonyl (C=O) groups excluding carboxylic acids is 2. The molecule has 3 N–H and O–H groups in total. The number of nitrogens with one attached hydrogen (secondary N) is 3. The summed E-state index contributed by atoms with van der Waals surface area (Å²) in [5, 5.41) is 9.01. The van der Waals surface area contributed by atoms with Crippen LogP contribution in [0.4, 0.5) is 4.39 Å². The van der Waals surface area contributed by atoms with E-state index in [2.05, 4.69) is 16.0 Å². The first-order chi connectivity index (χ1) is 11.4. The van der Waals surface area contributed by atoms with E-state index in [1.807, 2.05) is 20.8 Å². The lowest BCUT2D eigenvalue weighted by atomic mass is 9.97. The second-order valence-corrected chi connectivity index (χ2v) is 6.68. The Morgan fingerprint density at radius 1 is 1.29 bits per heavy atom. The molecule has 0 saturated carbocycles. The van der Waals surface area contributed by atoms with Gasteiger partial charge in [-0.05, 0) is 44.4 Å². The number of benzene rings is 1. The number of hydrogen-bond acceptors (Lipinski definition) is 3. The van der Waals surface area contributed by atoms with Gasteiger partial charge in [0.15, 0.2) is 0 Å². The minimum atomic E-state index is -0.703. The molecule has 3 atom stereocenters. The van der Waals surface area contributed by atoms with E-state index < -0.39 is 17.8 Å². The first-order valence-electron chi connectivity index (χ1n) is 8.49. The minimum Gasteiger partial charge on any atom is -0.350 e. The van der Waals surface area contributed by atoms with Crippen LogP contribution in [0.3, 0.4) is 0 Å². The molecule has 6 heteroatoms. The first-order valence-corrected chi connectivity index (χ1v) is 8.49. The van der Waals surface area contributed by atoms with Crippen LogP contribution in [0.15, 0.2) is 24.3 Å². The Bertz CT molecular complexity index is 591. The van der Waals surface area contributed by atoms with Crippen LogP contribution >= 0.6 is 0 Å². The van der Waals surface area contributed by atoms with Crippen molar-refractivity contribution in [3.05, 3.63) is 35.6 Å². The predicted molar refractivity (Wildman–Crippen MR) is 91.1 cm³/mol. The molecular formula is C18H26FN3O2. The van der Waals surface area contributed by atoms with E-state index in [0.717, 1.165) is 19.4 Å². The van der Waals surface area contributed by atoms with Gasteiger partial charge in [0.1, 0.15) is 11.9 Å². The van der Waals surface area contributed by atoms with E-state index in [9.17, 15) is 14.0 Å². The normalized spacial score (nSPS) is 22.0. The van der Waals surface area contributed by atoms with Crippen molar-refractivity contribution in [1.29, 1.82) is 0 Å². The summed E-state index contributed by atoms with van der Waals surface area (Å²) in [6.07, 6.45) is 1.91. The van der Waals surface area contributed by atoms with Crippen molar-refractivity contribution in [2.45, 2.75) is 51.7 Å². The van der Waals surface area contributed by atoms with Crippen LogP contribution in [0.1, 0.15) is 44.0 Å². The molecule has 132 valence electrons. The molecule has 1 aliphatic rings. The molecule has 0 aliphatic carbocycles. The van der Waals surface area contributed by atoms with E-state index in [1.54, 1.807) is 6.07 Å². The van der Waals surface area contributed by atoms with Gasteiger partial charge in [0.2, 0.25) is 5.91 Å². The van der Waals surface area contributed by atoms with Gasteiger partial charge in [-0.2, -0.15) is 0 Å². The maximum atomic E-state index is 13.7. The molecule has 24 heavy (non-hydrogen) atoms. The van der Waals surface area contributed by atoms with Crippen molar-refractivity contribution in [3.8, 4) is 0 Å². The third-order valence-corrected chi connectivity index (χ3v) is 4.44. The molecule has 2 amide bonds. The fourth-order valence-electron chi connectivity index (χ4n) is 2.91. The summed E-state index contributed by atoms with van der Waals surface area (Å²) in [5.41, 5.74) is -0.0522. The SMILES string of the molecule is CC(C)C(NC(=O)c1ccccc1F)C(=O)NC1CCCNC1C. The monoisotopic (exact) mass is 335 g/mol. The molecule has 0 radical (unpaired) electrons. The highest BCUT2D eigenvalue weighted by atomic mass is 19.1. The highest BCUT2D eigenvalue weighted by Crippen LogP contribution is 2.12. The zero-order valence-corrected chi connectivity index (χ0v) is 14.4. The lowest BCUT2D eigenvalue weighted by Crippen LogP contribution is -2.57. The number of rotatable bonds is 5.